The number of pyridine rings is 3. The number of hydrogen-bond donors (Lipinski definition) is 0. The van der Waals surface area contributed by atoms with Crippen LogP contribution in [-0.4, -0.2) is 54.7 Å². The second-order valence-electron chi connectivity index (χ2n) is 9.80. The minimum Gasteiger partial charge on any atom is -0.496 e. The van der Waals surface area contributed by atoms with Gasteiger partial charge < -0.3 is 4.74 Å². The summed E-state index contributed by atoms with van der Waals surface area (Å²) < 4.78 is 33.8. The molecule has 0 amide bonds. The van der Waals surface area contributed by atoms with E-state index in [-0.39, 0.29) is 11.2 Å². The minimum absolute atomic E-state index is 0.138. The zero-order valence-electron chi connectivity index (χ0n) is 21.5. The van der Waals surface area contributed by atoms with Gasteiger partial charge >= 0.3 is 0 Å². The molecule has 6 rings (SSSR count). The molecule has 1 fully saturated rings. The molecule has 1 saturated carbocycles. The Morgan fingerprint density at radius 1 is 1.03 bits per heavy atom. The first-order valence-electron chi connectivity index (χ1n) is 12.4. The average Bonchev–Trinajstić information content (AvgIpc) is 3.50. The standard InChI is InChI=1S/C27H27N7O3S/c1-16(2)23-9-18(19-12-29-33(15-19)38(35,36)20-5-6-20)10-27(32-23)34-25-11-24(31-17(3)21(25)14-30-34)22-13-28-8-7-26(22)37-4/h7-16,20H,5-6H2,1-4H3. The fourth-order valence-corrected chi connectivity index (χ4v) is 5.95. The van der Waals surface area contributed by atoms with Crippen LogP contribution in [0.4, 0.5) is 0 Å². The lowest BCUT2D eigenvalue weighted by Crippen LogP contribution is -2.17. The number of aryl methyl sites for hydroxylation is 1. The van der Waals surface area contributed by atoms with Crippen LogP contribution in [0.2, 0.25) is 0 Å². The molecule has 1 aliphatic carbocycles. The van der Waals surface area contributed by atoms with Crippen molar-refractivity contribution in [2.45, 2.75) is 44.8 Å². The van der Waals surface area contributed by atoms with Crippen molar-refractivity contribution in [1.82, 2.24) is 33.9 Å². The number of hydrogen-bond acceptors (Lipinski definition) is 8. The Kier molecular flexibility index (Phi) is 5.75. The first-order chi connectivity index (χ1) is 18.3. The highest BCUT2D eigenvalue weighted by Crippen LogP contribution is 2.33. The third kappa shape index (κ3) is 4.12. The number of fused-ring (bicyclic) bond motifs is 1. The molecule has 0 atom stereocenters. The molecule has 0 aromatic carbocycles. The van der Waals surface area contributed by atoms with Gasteiger partial charge in [0.2, 0.25) is 0 Å². The van der Waals surface area contributed by atoms with Crippen LogP contribution >= 0.6 is 0 Å². The van der Waals surface area contributed by atoms with Gasteiger partial charge in [-0.3, -0.25) is 9.97 Å². The van der Waals surface area contributed by atoms with E-state index in [1.165, 1.54) is 0 Å². The summed E-state index contributed by atoms with van der Waals surface area (Å²) >= 11 is 0. The molecule has 0 radical (unpaired) electrons. The summed E-state index contributed by atoms with van der Waals surface area (Å²) in [7, 11) is -1.83. The second kappa shape index (κ2) is 9.02. The van der Waals surface area contributed by atoms with Crippen LogP contribution in [0.25, 0.3) is 39.1 Å². The number of ether oxygens (including phenoxy) is 1. The maximum absolute atomic E-state index is 12.7. The number of nitrogens with zero attached hydrogens (tertiary/aromatic N) is 7. The molecule has 0 aliphatic heterocycles. The Labute approximate surface area is 220 Å². The van der Waals surface area contributed by atoms with Crippen molar-refractivity contribution in [3.8, 4) is 34.0 Å². The van der Waals surface area contributed by atoms with Crippen molar-refractivity contribution in [1.29, 1.82) is 0 Å². The summed E-state index contributed by atoms with van der Waals surface area (Å²) in [4.78, 5) is 13.9. The molecule has 194 valence electrons. The lowest BCUT2D eigenvalue weighted by molar-refractivity contribution is 0.416. The molecule has 1 aliphatic rings. The molecule has 0 unspecified atom stereocenters. The smallest absolute Gasteiger partial charge is 0.256 e. The Hall–Kier alpha value is -4.12. The maximum Gasteiger partial charge on any atom is 0.256 e. The lowest BCUT2D eigenvalue weighted by Gasteiger charge is -2.12. The summed E-state index contributed by atoms with van der Waals surface area (Å²) in [6.45, 7) is 6.08. The van der Waals surface area contributed by atoms with E-state index >= 15 is 0 Å². The van der Waals surface area contributed by atoms with Crippen molar-refractivity contribution in [2.75, 3.05) is 7.11 Å². The van der Waals surface area contributed by atoms with Gasteiger partial charge in [-0.2, -0.15) is 14.3 Å². The van der Waals surface area contributed by atoms with Gasteiger partial charge in [0, 0.05) is 34.7 Å². The molecule has 10 nitrogen and oxygen atoms in total. The quantitative estimate of drug-likeness (QED) is 0.302. The SMILES string of the molecule is COc1ccncc1-c1cc2c(cnn2-c2cc(-c3cnn(S(=O)(=O)C4CC4)c3)cc(C(C)C)n2)c(C)n1. The van der Waals surface area contributed by atoms with Crippen LogP contribution in [0, 0.1) is 6.92 Å². The van der Waals surface area contributed by atoms with E-state index in [1.54, 1.807) is 48.8 Å². The van der Waals surface area contributed by atoms with Crippen LogP contribution < -0.4 is 4.74 Å². The average molecular weight is 530 g/mol. The van der Waals surface area contributed by atoms with E-state index in [0.29, 0.717) is 35.7 Å². The summed E-state index contributed by atoms with van der Waals surface area (Å²) in [6.07, 6.45) is 9.73. The third-order valence-electron chi connectivity index (χ3n) is 6.77. The molecule has 11 heteroatoms. The van der Waals surface area contributed by atoms with E-state index in [1.807, 2.05) is 25.1 Å². The number of methoxy groups -OCH3 is 1. The normalized spacial score (nSPS) is 13.9. The molecule has 5 heterocycles. The van der Waals surface area contributed by atoms with E-state index in [2.05, 4.69) is 29.0 Å². The highest BCUT2D eigenvalue weighted by atomic mass is 32.2. The predicted molar refractivity (Wildman–Crippen MR) is 144 cm³/mol. The molecule has 5 aromatic rings. The van der Waals surface area contributed by atoms with Gasteiger partial charge in [-0.05, 0) is 55.5 Å². The van der Waals surface area contributed by atoms with Crippen LogP contribution in [0.3, 0.4) is 0 Å². The first kappa shape index (κ1) is 24.2. The van der Waals surface area contributed by atoms with Crippen molar-refractivity contribution in [3.63, 3.8) is 0 Å². The number of aromatic nitrogens is 7. The topological polar surface area (TPSA) is 118 Å². The second-order valence-corrected chi connectivity index (χ2v) is 11.9. The van der Waals surface area contributed by atoms with Crippen LogP contribution in [0.15, 0.2) is 55.2 Å². The van der Waals surface area contributed by atoms with Crippen molar-refractivity contribution >= 4 is 20.9 Å². The Morgan fingerprint density at radius 3 is 2.58 bits per heavy atom. The van der Waals surface area contributed by atoms with E-state index in [4.69, 9.17) is 14.7 Å². The zero-order chi connectivity index (χ0) is 26.6. The molecule has 0 spiro atoms. The Morgan fingerprint density at radius 2 is 1.84 bits per heavy atom. The molecular formula is C27H27N7O3S. The van der Waals surface area contributed by atoms with Crippen molar-refractivity contribution in [3.05, 3.63) is 66.6 Å². The Balaban J connectivity index is 1.50. The van der Waals surface area contributed by atoms with Crippen molar-refractivity contribution < 1.29 is 13.2 Å². The highest BCUT2D eigenvalue weighted by molar-refractivity contribution is 7.90. The highest BCUT2D eigenvalue weighted by Gasteiger charge is 2.37. The van der Waals surface area contributed by atoms with Crippen LogP contribution in [-0.2, 0) is 10.0 Å². The van der Waals surface area contributed by atoms with Crippen LogP contribution in [0.1, 0.15) is 44.0 Å². The summed E-state index contributed by atoms with van der Waals surface area (Å²) in [6, 6.07) is 7.64. The predicted octanol–water partition coefficient (Wildman–Crippen LogP) is 4.52. The first-order valence-corrected chi connectivity index (χ1v) is 13.9. The van der Waals surface area contributed by atoms with Gasteiger partial charge in [-0.25, -0.2) is 18.1 Å². The van der Waals surface area contributed by atoms with Gasteiger partial charge in [0.05, 0.1) is 47.7 Å². The monoisotopic (exact) mass is 529 g/mol. The van der Waals surface area contributed by atoms with Crippen molar-refractivity contribution in [2.24, 2.45) is 0 Å². The van der Waals surface area contributed by atoms with Gasteiger partial charge in [0.1, 0.15) is 5.75 Å². The zero-order valence-corrected chi connectivity index (χ0v) is 22.3. The minimum atomic E-state index is -3.45. The largest absolute Gasteiger partial charge is 0.496 e. The van der Waals surface area contributed by atoms with Gasteiger partial charge in [0.25, 0.3) is 10.0 Å². The molecule has 0 bridgehead atoms. The number of rotatable bonds is 7. The molecule has 0 saturated heterocycles. The molecule has 38 heavy (non-hydrogen) atoms. The summed E-state index contributed by atoms with van der Waals surface area (Å²) in [5, 5.41) is 9.40. The fraction of sp³-hybridized carbons (Fsp3) is 0.296. The van der Waals surface area contributed by atoms with Gasteiger partial charge in [-0.1, -0.05) is 13.8 Å². The molecule has 0 N–H and O–H groups in total. The van der Waals surface area contributed by atoms with E-state index in [9.17, 15) is 8.42 Å². The lowest BCUT2D eigenvalue weighted by atomic mass is 10.0. The summed E-state index contributed by atoms with van der Waals surface area (Å²) in [5.74, 6) is 1.44. The van der Waals surface area contributed by atoms with E-state index < -0.39 is 10.0 Å². The van der Waals surface area contributed by atoms with Gasteiger partial charge in [-0.15, -0.1) is 0 Å². The van der Waals surface area contributed by atoms with Gasteiger partial charge in [0.15, 0.2) is 5.82 Å². The Bertz CT molecular complexity index is 1790. The maximum atomic E-state index is 12.7. The van der Waals surface area contributed by atoms with Crippen LogP contribution in [0.5, 0.6) is 5.75 Å². The molecular weight excluding hydrogens is 502 g/mol. The third-order valence-corrected chi connectivity index (χ3v) is 8.81. The summed E-state index contributed by atoms with van der Waals surface area (Å²) in [5.41, 5.74) is 5.54. The van der Waals surface area contributed by atoms with E-state index in [0.717, 1.165) is 37.5 Å². The molecule has 5 aromatic heterocycles. The fourth-order valence-electron chi connectivity index (χ4n) is 4.47.